The van der Waals surface area contributed by atoms with Gasteiger partial charge in [-0.05, 0) is 18.1 Å². The molecule has 25 heavy (non-hydrogen) atoms. The normalized spacial score (nSPS) is 11.0. The summed E-state index contributed by atoms with van der Waals surface area (Å²) in [6, 6.07) is 9.39. The van der Waals surface area contributed by atoms with Crippen LogP contribution in [-0.2, 0) is 9.59 Å². The van der Waals surface area contributed by atoms with Crippen molar-refractivity contribution in [3.8, 4) is 0 Å². The van der Waals surface area contributed by atoms with Crippen molar-refractivity contribution >= 4 is 42.3 Å². The standard InChI is InChI=1S/C17H28N4O2.2ClH/c1-13(2)16(18)17(23)19-12-15(22)21(4)11-10-20(3)14-8-6-5-7-9-14;;/h5-9,13,16H,10-12,18H2,1-4H3,(H,19,23);2*1H/t16-;;/m0../s1. The van der Waals surface area contributed by atoms with Gasteiger partial charge in [0.15, 0.2) is 0 Å². The number of nitrogens with one attached hydrogen (secondary N) is 1. The van der Waals surface area contributed by atoms with E-state index in [1.165, 1.54) is 0 Å². The molecular formula is C17H30Cl2N4O2. The van der Waals surface area contributed by atoms with Crippen molar-refractivity contribution in [3.63, 3.8) is 0 Å². The lowest BCUT2D eigenvalue weighted by atomic mass is 10.1. The summed E-state index contributed by atoms with van der Waals surface area (Å²) >= 11 is 0. The van der Waals surface area contributed by atoms with E-state index in [2.05, 4.69) is 10.2 Å². The molecule has 0 unspecified atom stereocenters. The molecule has 0 spiro atoms. The lowest BCUT2D eigenvalue weighted by Crippen LogP contribution is -2.48. The van der Waals surface area contributed by atoms with Gasteiger partial charge < -0.3 is 20.9 Å². The van der Waals surface area contributed by atoms with Gasteiger partial charge in [0.1, 0.15) is 0 Å². The van der Waals surface area contributed by atoms with E-state index in [4.69, 9.17) is 5.73 Å². The number of rotatable bonds is 8. The van der Waals surface area contributed by atoms with Crippen LogP contribution in [0.4, 0.5) is 5.69 Å². The minimum atomic E-state index is -0.586. The van der Waals surface area contributed by atoms with E-state index in [0.717, 1.165) is 5.69 Å². The maximum atomic E-state index is 12.0. The number of para-hydroxylation sites is 1. The summed E-state index contributed by atoms with van der Waals surface area (Å²) < 4.78 is 0. The Hall–Kier alpha value is -1.50. The van der Waals surface area contributed by atoms with Gasteiger partial charge in [-0.2, -0.15) is 0 Å². The van der Waals surface area contributed by atoms with E-state index in [9.17, 15) is 9.59 Å². The van der Waals surface area contributed by atoms with Gasteiger partial charge in [0, 0.05) is 32.9 Å². The van der Waals surface area contributed by atoms with Crippen LogP contribution in [0.25, 0.3) is 0 Å². The van der Waals surface area contributed by atoms with Gasteiger partial charge in [0.25, 0.3) is 0 Å². The molecule has 0 bridgehead atoms. The van der Waals surface area contributed by atoms with Crippen molar-refractivity contribution in [1.29, 1.82) is 0 Å². The van der Waals surface area contributed by atoms with Gasteiger partial charge in [-0.25, -0.2) is 0 Å². The molecule has 1 aromatic carbocycles. The molecule has 8 heteroatoms. The molecule has 1 rings (SSSR count). The zero-order valence-corrected chi connectivity index (χ0v) is 16.9. The Morgan fingerprint density at radius 3 is 2.16 bits per heavy atom. The van der Waals surface area contributed by atoms with Crippen molar-refractivity contribution in [2.75, 3.05) is 38.6 Å². The second-order valence-corrected chi connectivity index (χ2v) is 6.06. The Labute approximate surface area is 162 Å². The number of likely N-dealkylation sites (N-methyl/N-ethyl adjacent to an activating group) is 2. The summed E-state index contributed by atoms with van der Waals surface area (Å²) in [7, 11) is 3.72. The molecule has 0 saturated carbocycles. The number of halogens is 2. The topological polar surface area (TPSA) is 78.7 Å². The zero-order chi connectivity index (χ0) is 17.4. The fraction of sp³-hybridized carbons (Fsp3) is 0.529. The number of hydrogen-bond donors (Lipinski definition) is 2. The molecule has 0 fully saturated rings. The predicted octanol–water partition coefficient (Wildman–Crippen LogP) is 1.52. The van der Waals surface area contributed by atoms with Crippen molar-refractivity contribution in [3.05, 3.63) is 30.3 Å². The van der Waals surface area contributed by atoms with Gasteiger partial charge >= 0.3 is 0 Å². The summed E-state index contributed by atoms with van der Waals surface area (Å²) in [4.78, 5) is 27.5. The van der Waals surface area contributed by atoms with Crippen LogP contribution in [0.5, 0.6) is 0 Å². The second-order valence-electron chi connectivity index (χ2n) is 6.06. The van der Waals surface area contributed by atoms with Gasteiger partial charge in [-0.1, -0.05) is 32.0 Å². The van der Waals surface area contributed by atoms with Crippen molar-refractivity contribution in [2.24, 2.45) is 11.7 Å². The molecule has 1 aromatic rings. The van der Waals surface area contributed by atoms with Crippen LogP contribution in [0.15, 0.2) is 30.3 Å². The van der Waals surface area contributed by atoms with E-state index < -0.39 is 6.04 Å². The number of benzene rings is 1. The number of amides is 2. The molecule has 0 aliphatic rings. The highest BCUT2D eigenvalue weighted by Gasteiger charge is 2.18. The number of nitrogens with two attached hydrogens (primary N) is 1. The molecule has 0 saturated heterocycles. The minimum Gasteiger partial charge on any atom is -0.373 e. The molecule has 0 heterocycles. The smallest absolute Gasteiger partial charge is 0.241 e. The second kappa shape index (κ2) is 12.8. The fourth-order valence-electron chi connectivity index (χ4n) is 1.95. The first-order valence-electron chi connectivity index (χ1n) is 7.86. The number of carbonyl (C=O) groups excluding carboxylic acids is 2. The van der Waals surface area contributed by atoms with E-state index in [1.807, 2.05) is 51.2 Å². The molecule has 1 atom stereocenters. The summed E-state index contributed by atoms with van der Waals surface area (Å²) in [5.41, 5.74) is 6.84. The summed E-state index contributed by atoms with van der Waals surface area (Å²) in [5, 5.41) is 2.60. The van der Waals surface area contributed by atoms with Gasteiger partial charge in [-0.15, -0.1) is 24.8 Å². The molecule has 6 nitrogen and oxygen atoms in total. The lowest BCUT2D eigenvalue weighted by Gasteiger charge is -2.24. The summed E-state index contributed by atoms with van der Waals surface area (Å²) in [5.74, 6) is -0.374. The first-order valence-corrected chi connectivity index (χ1v) is 7.86. The molecular weight excluding hydrogens is 363 g/mol. The van der Waals surface area contributed by atoms with Gasteiger partial charge in [-0.3, -0.25) is 9.59 Å². The maximum Gasteiger partial charge on any atom is 0.241 e. The minimum absolute atomic E-state index is 0. The Kier molecular flexibility index (Phi) is 13.2. The monoisotopic (exact) mass is 392 g/mol. The number of carbonyl (C=O) groups is 2. The Bertz CT molecular complexity index is 515. The number of hydrogen-bond acceptors (Lipinski definition) is 4. The average Bonchev–Trinajstić information content (AvgIpc) is 2.56. The summed E-state index contributed by atoms with van der Waals surface area (Å²) in [6.45, 7) is 5.02. The van der Waals surface area contributed by atoms with Crippen LogP contribution in [0.2, 0.25) is 0 Å². The number of anilines is 1. The van der Waals surface area contributed by atoms with E-state index in [-0.39, 0.29) is 49.1 Å². The van der Waals surface area contributed by atoms with Gasteiger partial charge in [0.05, 0.1) is 12.6 Å². The van der Waals surface area contributed by atoms with Gasteiger partial charge in [0.2, 0.25) is 11.8 Å². The Morgan fingerprint density at radius 2 is 1.64 bits per heavy atom. The Morgan fingerprint density at radius 1 is 1.08 bits per heavy atom. The molecule has 0 radical (unpaired) electrons. The SMILES string of the molecule is CC(C)[C@H](N)C(=O)NCC(=O)N(C)CCN(C)c1ccccc1.Cl.Cl. The fourth-order valence-corrected chi connectivity index (χ4v) is 1.95. The van der Waals surface area contributed by atoms with E-state index in [0.29, 0.717) is 13.1 Å². The van der Waals surface area contributed by atoms with Crippen LogP contribution in [0, 0.1) is 5.92 Å². The third-order valence-electron chi connectivity index (χ3n) is 3.83. The van der Waals surface area contributed by atoms with Crippen LogP contribution >= 0.6 is 24.8 Å². The van der Waals surface area contributed by atoms with E-state index >= 15 is 0 Å². The first kappa shape index (κ1) is 25.7. The quantitative estimate of drug-likeness (QED) is 0.702. The average molecular weight is 393 g/mol. The highest BCUT2D eigenvalue weighted by Crippen LogP contribution is 2.10. The first-order chi connectivity index (χ1) is 10.8. The van der Waals surface area contributed by atoms with Crippen LogP contribution in [0.3, 0.4) is 0 Å². The highest BCUT2D eigenvalue weighted by atomic mass is 35.5. The van der Waals surface area contributed by atoms with Crippen LogP contribution < -0.4 is 16.0 Å². The lowest BCUT2D eigenvalue weighted by molar-refractivity contribution is -0.132. The van der Waals surface area contributed by atoms with Crippen LogP contribution in [-0.4, -0.2) is 56.5 Å². The molecule has 0 aliphatic heterocycles. The third-order valence-corrected chi connectivity index (χ3v) is 3.83. The third kappa shape index (κ3) is 8.95. The van der Waals surface area contributed by atoms with Crippen molar-refractivity contribution in [2.45, 2.75) is 19.9 Å². The number of nitrogens with zero attached hydrogens (tertiary/aromatic N) is 2. The molecule has 3 N–H and O–H groups in total. The van der Waals surface area contributed by atoms with Crippen molar-refractivity contribution in [1.82, 2.24) is 10.2 Å². The summed E-state index contributed by atoms with van der Waals surface area (Å²) in [6.07, 6.45) is 0. The highest BCUT2D eigenvalue weighted by molar-refractivity contribution is 5.87. The Balaban J connectivity index is 0. The van der Waals surface area contributed by atoms with Crippen molar-refractivity contribution < 1.29 is 9.59 Å². The predicted molar refractivity (Wildman–Crippen MR) is 108 cm³/mol. The molecule has 0 aromatic heterocycles. The maximum absolute atomic E-state index is 12.0. The zero-order valence-electron chi connectivity index (χ0n) is 15.3. The molecule has 0 aliphatic carbocycles. The van der Waals surface area contributed by atoms with Crippen LogP contribution in [0.1, 0.15) is 13.8 Å². The molecule has 144 valence electrons. The largest absolute Gasteiger partial charge is 0.373 e. The molecule has 2 amide bonds. The van der Waals surface area contributed by atoms with E-state index in [1.54, 1.807) is 11.9 Å².